The van der Waals surface area contributed by atoms with Crippen LogP contribution in [-0.2, 0) is 14.3 Å². The number of ether oxygens (including phenoxy) is 1. The zero-order valence-electron chi connectivity index (χ0n) is 19.0. The number of nitrogens with zero attached hydrogens (tertiary/aromatic N) is 2. The lowest BCUT2D eigenvalue weighted by Gasteiger charge is -2.46. The monoisotopic (exact) mass is 446 g/mol. The maximum Gasteiger partial charge on any atom is 0.331 e. The molecule has 32 heavy (non-hydrogen) atoms. The summed E-state index contributed by atoms with van der Waals surface area (Å²) >= 11 is 0. The minimum Gasteiger partial charge on any atom is -0.481 e. The Morgan fingerprint density at radius 1 is 1.22 bits per heavy atom. The predicted octanol–water partition coefficient (Wildman–Crippen LogP) is 3.73. The number of imide groups is 1. The summed E-state index contributed by atoms with van der Waals surface area (Å²) in [5.74, 6) is -1.18. The Labute approximate surface area is 189 Å². The van der Waals surface area contributed by atoms with Crippen molar-refractivity contribution in [2.75, 3.05) is 25.2 Å². The quantitative estimate of drug-likeness (QED) is 0.374. The molecule has 1 aromatic rings. The van der Waals surface area contributed by atoms with Crippen LogP contribution in [-0.4, -0.2) is 59.3 Å². The number of carbonyl (C=O) groups is 3. The topological polar surface area (TPSA) is 107 Å². The Morgan fingerprint density at radius 2 is 1.91 bits per heavy atom. The minimum atomic E-state index is -0.846. The number of carboxylic acid groups (broad SMARTS) is 1. The third-order valence-corrected chi connectivity index (χ3v) is 6.79. The number of likely N-dealkylation sites (N-methyl/N-ethyl adjacent to an activating group) is 1. The number of urea groups is 1. The van der Waals surface area contributed by atoms with Crippen LogP contribution in [0.15, 0.2) is 24.3 Å². The fraction of sp³-hybridized carbons (Fsp3) is 0.625. The highest BCUT2D eigenvalue weighted by atomic mass is 16.5. The van der Waals surface area contributed by atoms with Crippen LogP contribution in [0.1, 0.15) is 70.0 Å². The minimum absolute atomic E-state index is 0.0476. The van der Waals surface area contributed by atoms with Crippen molar-refractivity contribution in [1.29, 1.82) is 0 Å². The molecule has 1 aromatic carbocycles. The van der Waals surface area contributed by atoms with Gasteiger partial charge in [-0.2, -0.15) is 0 Å². The van der Waals surface area contributed by atoms with Crippen LogP contribution in [0.5, 0.6) is 0 Å². The molecule has 0 radical (unpaired) electrons. The first-order valence-corrected chi connectivity index (χ1v) is 11.5. The molecule has 0 spiro atoms. The van der Waals surface area contributed by atoms with E-state index in [4.69, 9.17) is 9.84 Å². The molecule has 1 heterocycles. The molecule has 2 fully saturated rings. The van der Waals surface area contributed by atoms with E-state index in [1.807, 2.05) is 12.1 Å². The number of aliphatic carboxylic acids is 1. The van der Waals surface area contributed by atoms with Gasteiger partial charge in [0.25, 0.3) is 5.91 Å². The number of carbonyl (C=O) groups excluding carboxylic acids is 2. The first-order valence-electron chi connectivity index (χ1n) is 11.5. The predicted molar refractivity (Wildman–Crippen MR) is 119 cm³/mol. The van der Waals surface area contributed by atoms with Crippen molar-refractivity contribution in [3.05, 3.63) is 29.8 Å². The molecule has 8 heteroatoms. The number of anilines is 1. The molecule has 2 unspecified atom stereocenters. The van der Waals surface area contributed by atoms with Crippen molar-refractivity contribution < 1.29 is 29.3 Å². The molecule has 3 rings (SSSR count). The number of carboxylic acids is 1. The van der Waals surface area contributed by atoms with Crippen LogP contribution in [0.4, 0.5) is 10.5 Å². The second kappa shape index (κ2) is 10.4. The van der Waals surface area contributed by atoms with Crippen LogP contribution in [0.2, 0.25) is 0 Å². The third kappa shape index (κ3) is 4.96. The molecule has 176 valence electrons. The van der Waals surface area contributed by atoms with Crippen molar-refractivity contribution in [2.45, 2.75) is 70.4 Å². The number of unbranched alkanes of at least 4 members (excludes halogenated alkanes) is 1. The standard InChI is InChI=1S/C24H34N2O6/c1-3-12-24(13-6-14-24)21(29)17-8-10-18(11-9-17)26-19(22(30)25(2)23(26)31)16-32-15-5-4-7-20(27)28/h8-11,19,21,29H,3-7,12-16H2,1-2H3,(H,27,28). The lowest BCUT2D eigenvalue weighted by molar-refractivity contribution is -0.137. The number of hydrogen-bond donors (Lipinski definition) is 2. The summed E-state index contributed by atoms with van der Waals surface area (Å²) in [5.41, 5.74) is 1.37. The lowest BCUT2D eigenvalue weighted by Crippen LogP contribution is -2.39. The van der Waals surface area contributed by atoms with Gasteiger partial charge >= 0.3 is 12.0 Å². The summed E-state index contributed by atoms with van der Waals surface area (Å²) in [5, 5.41) is 19.7. The number of aliphatic hydroxyl groups is 1. The van der Waals surface area contributed by atoms with E-state index in [1.54, 1.807) is 12.1 Å². The van der Waals surface area contributed by atoms with Crippen molar-refractivity contribution in [3.8, 4) is 0 Å². The molecule has 1 saturated heterocycles. The average molecular weight is 447 g/mol. The van der Waals surface area contributed by atoms with Crippen LogP contribution in [0, 0.1) is 5.41 Å². The van der Waals surface area contributed by atoms with E-state index in [0.717, 1.165) is 42.6 Å². The van der Waals surface area contributed by atoms with Crippen molar-refractivity contribution in [3.63, 3.8) is 0 Å². The molecule has 2 N–H and O–H groups in total. The van der Waals surface area contributed by atoms with E-state index in [-0.39, 0.29) is 24.3 Å². The Morgan fingerprint density at radius 3 is 2.47 bits per heavy atom. The Bertz CT molecular complexity index is 820. The highest BCUT2D eigenvalue weighted by Gasteiger charge is 2.45. The second-order valence-electron chi connectivity index (χ2n) is 8.95. The summed E-state index contributed by atoms with van der Waals surface area (Å²) in [7, 11) is 1.45. The van der Waals surface area contributed by atoms with Crippen molar-refractivity contribution in [2.24, 2.45) is 5.41 Å². The zero-order valence-corrected chi connectivity index (χ0v) is 19.0. The highest BCUT2D eigenvalue weighted by molar-refractivity contribution is 6.14. The van der Waals surface area contributed by atoms with E-state index >= 15 is 0 Å². The van der Waals surface area contributed by atoms with Gasteiger partial charge in [-0.05, 0) is 49.8 Å². The molecule has 2 atom stereocenters. The molecular formula is C24H34N2O6. The summed E-state index contributed by atoms with van der Waals surface area (Å²) in [6.07, 6.45) is 5.84. The summed E-state index contributed by atoms with van der Waals surface area (Å²) in [6, 6.07) is 6.07. The van der Waals surface area contributed by atoms with Gasteiger partial charge in [0.2, 0.25) is 0 Å². The number of benzene rings is 1. The number of rotatable bonds is 12. The first kappa shape index (κ1) is 24.2. The van der Waals surface area contributed by atoms with Gasteiger partial charge in [0.05, 0.1) is 12.7 Å². The fourth-order valence-corrected chi connectivity index (χ4v) is 4.79. The van der Waals surface area contributed by atoms with Crippen LogP contribution in [0.25, 0.3) is 0 Å². The molecule has 1 saturated carbocycles. The average Bonchev–Trinajstić information content (AvgIpc) is 2.96. The smallest absolute Gasteiger partial charge is 0.331 e. The zero-order chi connectivity index (χ0) is 23.3. The van der Waals surface area contributed by atoms with Gasteiger partial charge in [-0.3, -0.25) is 19.4 Å². The van der Waals surface area contributed by atoms with Gasteiger partial charge < -0.3 is 14.9 Å². The van der Waals surface area contributed by atoms with Crippen LogP contribution >= 0.6 is 0 Å². The largest absolute Gasteiger partial charge is 0.481 e. The molecule has 8 nitrogen and oxygen atoms in total. The molecule has 0 aromatic heterocycles. The van der Waals surface area contributed by atoms with Crippen LogP contribution in [0.3, 0.4) is 0 Å². The molecule has 2 aliphatic rings. The number of hydrogen-bond acceptors (Lipinski definition) is 5. The van der Waals surface area contributed by atoms with E-state index in [2.05, 4.69) is 6.92 Å². The van der Waals surface area contributed by atoms with Crippen molar-refractivity contribution >= 4 is 23.6 Å². The van der Waals surface area contributed by atoms with E-state index < -0.39 is 24.1 Å². The van der Waals surface area contributed by atoms with Crippen LogP contribution < -0.4 is 4.90 Å². The highest BCUT2D eigenvalue weighted by Crippen LogP contribution is 2.53. The molecular weight excluding hydrogens is 412 g/mol. The van der Waals surface area contributed by atoms with Gasteiger partial charge in [0, 0.05) is 31.2 Å². The van der Waals surface area contributed by atoms with E-state index in [9.17, 15) is 19.5 Å². The van der Waals surface area contributed by atoms with Gasteiger partial charge in [-0.15, -0.1) is 0 Å². The first-order chi connectivity index (χ1) is 15.3. The summed E-state index contributed by atoms with van der Waals surface area (Å²) in [6.45, 7) is 2.51. The van der Waals surface area contributed by atoms with Gasteiger partial charge in [-0.25, -0.2) is 4.79 Å². The lowest BCUT2D eigenvalue weighted by atomic mass is 9.61. The maximum absolute atomic E-state index is 12.7. The second-order valence-corrected chi connectivity index (χ2v) is 8.95. The SMILES string of the molecule is CCCC1(C(O)c2ccc(N3C(=O)N(C)C(=O)C3COCCCCC(=O)O)cc2)CCC1. The number of amides is 3. The Balaban J connectivity index is 1.66. The van der Waals surface area contributed by atoms with Gasteiger partial charge in [0.15, 0.2) is 0 Å². The summed E-state index contributed by atoms with van der Waals surface area (Å²) < 4.78 is 5.60. The molecule has 1 aliphatic carbocycles. The van der Waals surface area contributed by atoms with Gasteiger partial charge in [0.1, 0.15) is 6.04 Å². The van der Waals surface area contributed by atoms with E-state index in [0.29, 0.717) is 25.1 Å². The van der Waals surface area contributed by atoms with Gasteiger partial charge in [-0.1, -0.05) is 31.9 Å². The third-order valence-electron chi connectivity index (χ3n) is 6.79. The molecule has 3 amide bonds. The Hall–Kier alpha value is -2.45. The maximum atomic E-state index is 12.7. The molecule has 1 aliphatic heterocycles. The van der Waals surface area contributed by atoms with E-state index in [1.165, 1.54) is 11.9 Å². The molecule has 0 bridgehead atoms. The summed E-state index contributed by atoms with van der Waals surface area (Å²) in [4.78, 5) is 38.4. The Kier molecular flexibility index (Phi) is 7.90. The number of aliphatic hydroxyl groups excluding tert-OH is 1. The van der Waals surface area contributed by atoms with Crippen molar-refractivity contribution in [1.82, 2.24) is 4.90 Å². The fourth-order valence-electron chi connectivity index (χ4n) is 4.79. The normalized spacial score (nSPS) is 21.0.